The largest absolute Gasteiger partial charge is 0.475 e. The molecule has 6 rings (SSSR count). The molecule has 2 aromatic carbocycles. The van der Waals surface area contributed by atoms with E-state index in [4.69, 9.17) is 9.72 Å². The van der Waals surface area contributed by atoms with Gasteiger partial charge in [0.1, 0.15) is 12.4 Å². The van der Waals surface area contributed by atoms with Crippen molar-refractivity contribution in [2.75, 3.05) is 23.3 Å². The van der Waals surface area contributed by atoms with Crippen molar-refractivity contribution in [3.8, 4) is 17.1 Å². The Hall–Kier alpha value is -4.58. The number of anilines is 2. The van der Waals surface area contributed by atoms with Crippen LogP contribution in [0.25, 0.3) is 11.3 Å². The number of nitrogens with one attached hydrogen (secondary N) is 1. The Kier molecular flexibility index (Phi) is 9.12. The first-order valence-electron chi connectivity index (χ1n) is 16.4. The van der Waals surface area contributed by atoms with Crippen LogP contribution in [-0.4, -0.2) is 64.9 Å². The lowest BCUT2D eigenvalue weighted by Crippen LogP contribution is -2.47. The van der Waals surface area contributed by atoms with Gasteiger partial charge in [-0.25, -0.2) is 23.1 Å². The van der Waals surface area contributed by atoms with Crippen LogP contribution in [0, 0.1) is 19.3 Å². The highest BCUT2D eigenvalue weighted by molar-refractivity contribution is 7.92. The molecule has 0 radical (unpaired) electrons. The van der Waals surface area contributed by atoms with Crippen molar-refractivity contribution in [3.63, 3.8) is 0 Å². The number of aryl methyl sites for hydroxylation is 2. The van der Waals surface area contributed by atoms with Crippen LogP contribution >= 0.6 is 0 Å². The quantitative estimate of drug-likeness (QED) is 0.245. The fourth-order valence-electron chi connectivity index (χ4n) is 6.47. The lowest BCUT2D eigenvalue weighted by molar-refractivity contribution is 0.0349. The molecule has 48 heavy (non-hydrogen) atoms. The third kappa shape index (κ3) is 6.99. The number of carbonyl (C=O) groups excluding carboxylic acids is 1. The van der Waals surface area contributed by atoms with E-state index in [2.05, 4.69) is 40.4 Å². The maximum Gasteiger partial charge on any atom is 0.264 e. The van der Waals surface area contributed by atoms with Crippen molar-refractivity contribution in [1.29, 1.82) is 0 Å². The van der Waals surface area contributed by atoms with E-state index < -0.39 is 10.0 Å². The summed E-state index contributed by atoms with van der Waals surface area (Å²) in [4.78, 5) is 36.7. The van der Waals surface area contributed by atoms with Crippen molar-refractivity contribution < 1.29 is 17.9 Å². The molecule has 1 N–H and O–H groups in total. The van der Waals surface area contributed by atoms with Crippen molar-refractivity contribution in [2.45, 2.75) is 83.8 Å². The minimum atomic E-state index is -4.17. The smallest absolute Gasteiger partial charge is 0.264 e. The average Bonchev–Trinajstić information content (AvgIpc) is 3.04. The standard InChI is InChI=1S/C36H43N7O4S/c1-23(2)42(6)31-20-37-19-27(38-31)21-43-28(18-36(5)14-9-15-36)22-47-32-17-30(33-24(3)10-7-11-25(33)4)39-35(40-32)41-48(45,46)29-13-8-12-26(16-29)34(43)44/h7-8,10-13,16-17,19-20,23,28H,9,14-15,18,21-22H2,1-6H3,(H,39,40,41)/t28-/m1/s1. The van der Waals surface area contributed by atoms with E-state index in [-0.39, 0.29) is 58.8 Å². The lowest BCUT2D eigenvalue weighted by Gasteiger charge is -2.43. The van der Waals surface area contributed by atoms with Gasteiger partial charge in [-0.1, -0.05) is 37.6 Å². The topological polar surface area (TPSA) is 131 Å². The monoisotopic (exact) mass is 669 g/mol. The fraction of sp³-hybridized carbons (Fsp3) is 0.417. The van der Waals surface area contributed by atoms with E-state index >= 15 is 0 Å². The number of aromatic nitrogens is 4. The van der Waals surface area contributed by atoms with E-state index in [9.17, 15) is 13.2 Å². The summed E-state index contributed by atoms with van der Waals surface area (Å²) in [5.41, 5.74) is 4.27. The first-order chi connectivity index (χ1) is 22.8. The second-order valence-corrected chi connectivity index (χ2v) is 15.3. The van der Waals surface area contributed by atoms with Crippen molar-refractivity contribution in [2.24, 2.45) is 5.41 Å². The summed E-state index contributed by atoms with van der Waals surface area (Å²) in [5.74, 6) is 0.483. The average molecular weight is 670 g/mol. The zero-order chi connectivity index (χ0) is 34.2. The fourth-order valence-corrected chi connectivity index (χ4v) is 7.46. The van der Waals surface area contributed by atoms with E-state index in [1.807, 2.05) is 44.0 Å². The van der Waals surface area contributed by atoms with E-state index in [0.29, 0.717) is 23.6 Å². The molecule has 1 amide bonds. The normalized spacial score (nSPS) is 18.4. The Morgan fingerprint density at radius 3 is 2.46 bits per heavy atom. The maximum atomic E-state index is 14.5. The molecule has 2 aromatic heterocycles. The Morgan fingerprint density at radius 1 is 1.04 bits per heavy atom. The first-order valence-corrected chi connectivity index (χ1v) is 17.9. The van der Waals surface area contributed by atoms with Crippen LogP contribution in [0.3, 0.4) is 0 Å². The summed E-state index contributed by atoms with van der Waals surface area (Å²) in [6.07, 6.45) is 7.30. The SMILES string of the molecule is Cc1cccc(C)c1-c1cc2nc(n1)NS(=O)(=O)c1cccc(c1)C(=O)N(Cc1cncc(N(C)C(C)C)n1)[C@H](CC1(C)CCC1)CO2. The number of amides is 1. The Bertz CT molecular complexity index is 1920. The number of sulfonamides is 1. The van der Waals surface area contributed by atoms with Gasteiger partial charge in [0.25, 0.3) is 15.9 Å². The maximum absolute atomic E-state index is 14.5. The summed E-state index contributed by atoms with van der Waals surface area (Å²) >= 11 is 0. The van der Waals surface area contributed by atoms with Gasteiger partial charge >= 0.3 is 0 Å². The van der Waals surface area contributed by atoms with Gasteiger partial charge in [-0.15, -0.1) is 0 Å². The third-order valence-corrected chi connectivity index (χ3v) is 10.9. The number of hydrogen-bond acceptors (Lipinski definition) is 9. The van der Waals surface area contributed by atoms with Gasteiger partial charge in [0.15, 0.2) is 0 Å². The second kappa shape index (κ2) is 13.1. The molecule has 1 aliphatic heterocycles. The Labute approximate surface area is 282 Å². The molecule has 2 aliphatic rings. The number of benzene rings is 2. The summed E-state index contributed by atoms with van der Waals surface area (Å²) in [5, 5.41) is 0. The Balaban J connectivity index is 1.48. The molecular weight excluding hydrogens is 627 g/mol. The highest BCUT2D eigenvalue weighted by Gasteiger charge is 2.38. The summed E-state index contributed by atoms with van der Waals surface area (Å²) in [6, 6.07) is 13.6. The zero-order valence-corrected chi connectivity index (χ0v) is 29.2. The van der Waals surface area contributed by atoms with E-state index in [0.717, 1.165) is 36.0 Å². The van der Waals surface area contributed by atoms with Crippen LogP contribution in [0.1, 0.15) is 73.6 Å². The van der Waals surface area contributed by atoms with Crippen LogP contribution in [0.2, 0.25) is 0 Å². The molecule has 12 heteroatoms. The molecule has 4 aromatic rings. The Morgan fingerprint density at radius 2 is 1.77 bits per heavy atom. The first kappa shape index (κ1) is 33.3. The third-order valence-electron chi connectivity index (χ3n) is 9.61. The minimum absolute atomic E-state index is 0.0267. The molecular formula is C36H43N7O4S. The number of hydrogen-bond donors (Lipinski definition) is 1. The number of rotatable bonds is 7. The predicted octanol–water partition coefficient (Wildman–Crippen LogP) is 6.18. The number of carbonyl (C=O) groups is 1. The van der Waals surface area contributed by atoms with E-state index in [1.165, 1.54) is 12.1 Å². The zero-order valence-electron chi connectivity index (χ0n) is 28.4. The molecule has 4 bridgehead atoms. The summed E-state index contributed by atoms with van der Waals surface area (Å²) in [6.45, 7) is 10.7. The number of nitrogens with zero attached hydrogens (tertiary/aromatic N) is 6. The van der Waals surface area contributed by atoms with Gasteiger partial charge in [-0.3, -0.25) is 9.78 Å². The highest BCUT2D eigenvalue weighted by atomic mass is 32.2. The van der Waals surface area contributed by atoms with Crippen LogP contribution in [0.4, 0.5) is 11.8 Å². The molecule has 3 heterocycles. The second-order valence-electron chi connectivity index (χ2n) is 13.7. The van der Waals surface area contributed by atoms with Crippen LogP contribution in [0.5, 0.6) is 5.88 Å². The van der Waals surface area contributed by atoms with Gasteiger partial charge in [0, 0.05) is 30.3 Å². The molecule has 0 spiro atoms. The lowest BCUT2D eigenvalue weighted by atomic mass is 9.67. The van der Waals surface area contributed by atoms with Gasteiger partial charge in [0.2, 0.25) is 11.8 Å². The highest BCUT2D eigenvalue weighted by Crippen LogP contribution is 2.45. The molecule has 1 atom stereocenters. The molecule has 252 valence electrons. The molecule has 0 saturated heterocycles. The predicted molar refractivity (Wildman–Crippen MR) is 185 cm³/mol. The van der Waals surface area contributed by atoms with Crippen LogP contribution in [0.15, 0.2) is 65.8 Å². The summed E-state index contributed by atoms with van der Waals surface area (Å²) < 4.78 is 36.4. The van der Waals surface area contributed by atoms with Crippen molar-refractivity contribution >= 4 is 27.7 Å². The van der Waals surface area contributed by atoms with Gasteiger partial charge in [-0.05, 0) is 81.7 Å². The van der Waals surface area contributed by atoms with Crippen molar-refractivity contribution in [1.82, 2.24) is 24.8 Å². The van der Waals surface area contributed by atoms with Crippen molar-refractivity contribution in [3.05, 3.63) is 83.3 Å². The molecule has 1 saturated carbocycles. The minimum Gasteiger partial charge on any atom is -0.475 e. The van der Waals surface area contributed by atoms with Gasteiger partial charge in [0.05, 0.1) is 41.3 Å². The molecule has 1 fully saturated rings. The summed E-state index contributed by atoms with van der Waals surface area (Å²) in [7, 11) is -2.21. The van der Waals surface area contributed by atoms with E-state index in [1.54, 1.807) is 35.5 Å². The van der Waals surface area contributed by atoms with Gasteiger partial charge in [-0.2, -0.15) is 4.98 Å². The molecule has 1 aliphatic carbocycles. The van der Waals surface area contributed by atoms with Crippen LogP contribution in [-0.2, 0) is 16.6 Å². The number of fused-ring (bicyclic) bond motifs is 4. The molecule has 11 nitrogen and oxygen atoms in total. The van der Waals surface area contributed by atoms with Crippen LogP contribution < -0.4 is 14.4 Å². The van der Waals surface area contributed by atoms with Gasteiger partial charge < -0.3 is 14.5 Å². The number of ether oxygens (including phenoxy) is 1. The molecule has 0 unspecified atom stereocenters.